The first kappa shape index (κ1) is 9.65. The Bertz CT molecular complexity index is 289. The largest absolute Gasteiger partial charge is 0.506 e. The average molecular weight is 206 g/mol. The van der Waals surface area contributed by atoms with E-state index in [0.29, 0.717) is 28.6 Å². The molecule has 0 aliphatic carbocycles. The monoisotopic (exact) mass is 205 g/mol. The summed E-state index contributed by atoms with van der Waals surface area (Å²) < 4.78 is 0. The first-order chi connectivity index (χ1) is 5.66. The Morgan fingerprint density at radius 3 is 2.42 bits per heavy atom. The zero-order valence-corrected chi connectivity index (χ0v) is 7.86. The van der Waals surface area contributed by atoms with E-state index >= 15 is 0 Å². The minimum Gasteiger partial charge on any atom is -0.506 e. The van der Waals surface area contributed by atoms with Gasteiger partial charge in [-0.3, -0.25) is 0 Å². The molecule has 3 N–H and O–H groups in total. The second-order valence-electron chi connectivity index (χ2n) is 2.40. The number of halogens is 2. The highest BCUT2D eigenvalue weighted by molar-refractivity contribution is 6.34. The summed E-state index contributed by atoms with van der Waals surface area (Å²) >= 11 is 11.5. The fourth-order valence-electron chi connectivity index (χ4n) is 0.965. The third-order valence-corrected chi connectivity index (χ3v) is 2.23. The van der Waals surface area contributed by atoms with E-state index in [1.807, 2.05) is 0 Å². The van der Waals surface area contributed by atoms with Crippen LogP contribution in [-0.4, -0.2) is 11.7 Å². The molecule has 0 saturated heterocycles. The van der Waals surface area contributed by atoms with Crippen LogP contribution in [0, 0.1) is 0 Å². The molecule has 0 aliphatic rings. The predicted molar refractivity (Wildman–Crippen MR) is 50.9 cm³/mol. The van der Waals surface area contributed by atoms with Gasteiger partial charge in [0.1, 0.15) is 5.75 Å². The molecule has 2 nitrogen and oxygen atoms in total. The highest BCUT2D eigenvalue weighted by Crippen LogP contribution is 2.32. The molecule has 4 heteroatoms. The second kappa shape index (κ2) is 3.99. The molecule has 0 aliphatic heterocycles. The SMILES string of the molecule is NCCc1c(Cl)ccc(Cl)c1O. The maximum Gasteiger partial charge on any atom is 0.138 e. The Morgan fingerprint density at radius 2 is 1.83 bits per heavy atom. The molecule has 0 bridgehead atoms. The van der Waals surface area contributed by atoms with Crippen molar-refractivity contribution in [3.63, 3.8) is 0 Å². The van der Waals surface area contributed by atoms with E-state index in [4.69, 9.17) is 28.9 Å². The standard InChI is InChI=1S/C8H9Cl2NO/c9-6-1-2-7(10)8(12)5(6)3-4-11/h1-2,12H,3-4,11H2. The molecular weight excluding hydrogens is 197 g/mol. The van der Waals surface area contributed by atoms with Crippen LogP contribution in [0.4, 0.5) is 0 Å². The molecule has 0 atom stereocenters. The number of aromatic hydroxyl groups is 1. The van der Waals surface area contributed by atoms with Gasteiger partial charge in [-0.25, -0.2) is 0 Å². The third-order valence-electron chi connectivity index (χ3n) is 1.57. The molecule has 0 heterocycles. The van der Waals surface area contributed by atoms with E-state index in [2.05, 4.69) is 0 Å². The van der Waals surface area contributed by atoms with Gasteiger partial charge in [0.15, 0.2) is 0 Å². The van der Waals surface area contributed by atoms with Gasteiger partial charge in [-0.15, -0.1) is 0 Å². The Balaban J connectivity index is 3.14. The fourth-order valence-corrected chi connectivity index (χ4v) is 1.39. The van der Waals surface area contributed by atoms with Crippen molar-refractivity contribution in [1.29, 1.82) is 0 Å². The van der Waals surface area contributed by atoms with Crippen LogP contribution in [0.2, 0.25) is 10.0 Å². The van der Waals surface area contributed by atoms with Crippen molar-refractivity contribution < 1.29 is 5.11 Å². The van der Waals surface area contributed by atoms with E-state index in [1.54, 1.807) is 12.1 Å². The van der Waals surface area contributed by atoms with Crippen molar-refractivity contribution >= 4 is 23.2 Å². The van der Waals surface area contributed by atoms with Crippen LogP contribution >= 0.6 is 23.2 Å². The van der Waals surface area contributed by atoms with Gasteiger partial charge in [-0.1, -0.05) is 23.2 Å². The number of hydrogen-bond acceptors (Lipinski definition) is 2. The predicted octanol–water partition coefficient (Wildman–Crippen LogP) is 2.20. The summed E-state index contributed by atoms with van der Waals surface area (Å²) in [5, 5.41) is 10.2. The van der Waals surface area contributed by atoms with Crippen LogP contribution in [0.3, 0.4) is 0 Å². The molecule has 0 fully saturated rings. The lowest BCUT2D eigenvalue weighted by Crippen LogP contribution is -2.03. The van der Waals surface area contributed by atoms with Crippen molar-refractivity contribution in [2.45, 2.75) is 6.42 Å². The van der Waals surface area contributed by atoms with Crippen LogP contribution in [0.1, 0.15) is 5.56 Å². The van der Waals surface area contributed by atoms with Gasteiger partial charge >= 0.3 is 0 Å². The quantitative estimate of drug-likeness (QED) is 0.779. The van der Waals surface area contributed by atoms with Gasteiger partial charge in [-0.05, 0) is 25.1 Å². The topological polar surface area (TPSA) is 46.2 Å². The lowest BCUT2D eigenvalue weighted by atomic mass is 10.1. The first-order valence-electron chi connectivity index (χ1n) is 3.52. The van der Waals surface area contributed by atoms with Crippen LogP contribution in [0.25, 0.3) is 0 Å². The van der Waals surface area contributed by atoms with E-state index in [9.17, 15) is 5.11 Å². The van der Waals surface area contributed by atoms with Gasteiger partial charge in [0.2, 0.25) is 0 Å². The molecule has 0 aromatic heterocycles. The molecule has 0 spiro atoms. The van der Waals surface area contributed by atoms with Crippen LogP contribution in [0.5, 0.6) is 5.75 Å². The minimum absolute atomic E-state index is 0.0367. The summed E-state index contributed by atoms with van der Waals surface area (Å²) in [4.78, 5) is 0. The highest BCUT2D eigenvalue weighted by atomic mass is 35.5. The first-order valence-corrected chi connectivity index (χ1v) is 4.28. The van der Waals surface area contributed by atoms with Crippen LogP contribution < -0.4 is 5.73 Å². The summed E-state index contributed by atoms with van der Waals surface area (Å²) in [6, 6.07) is 3.20. The number of hydrogen-bond donors (Lipinski definition) is 2. The molecule has 66 valence electrons. The number of phenols is 1. The molecule has 0 radical (unpaired) electrons. The van der Waals surface area contributed by atoms with Gasteiger partial charge in [0.05, 0.1) is 5.02 Å². The maximum absolute atomic E-state index is 9.44. The Hall–Kier alpha value is -0.440. The molecule has 0 unspecified atom stereocenters. The number of phenolic OH excluding ortho intramolecular Hbond substituents is 1. The van der Waals surface area contributed by atoms with Crippen LogP contribution in [-0.2, 0) is 6.42 Å². The van der Waals surface area contributed by atoms with Crippen molar-refractivity contribution in [3.05, 3.63) is 27.7 Å². The lowest BCUT2D eigenvalue weighted by Gasteiger charge is -2.06. The van der Waals surface area contributed by atoms with Gasteiger partial charge in [-0.2, -0.15) is 0 Å². The third kappa shape index (κ3) is 1.83. The minimum atomic E-state index is 0.0367. The number of nitrogens with two attached hydrogens (primary N) is 1. The Labute approximate surface area is 80.9 Å². The molecule has 1 aromatic rings. The fraction of sp³-hybridized carbons (Fsp3) is 0.250. The number of benzene rings is 1. The normalized spacial score (nSPS) is 10.2. The zero-order chi connectivity index (χ0) is 9.14. The zero-order valence-electron chi connectivity index (χ0n) is 6.35. The maximum atomic E-state index is 9.44. The van der Waals surface area contributed by atoms with Gasteiger partial charge < -0.3 is 10.8 Å². The van der Waals surface area contributed by atoms with E-state index < -0.39 is 0 Å². The summed E-state index contributed by atoms with van der Waals surface area (Å²) in [5.74, 6) is 0.0367. The van der Waals surface area contributed by atoms with Crippen molar-refractivity contribution in [2.24, 2.45) is 5.73 Å². The van der Waals surface area contributed by atoms with Gasteiger partial charge in [0, 0.05) is 10.6 Å². The second-order valence-corrected chi connectivity index (χ2v) is 3.21. The van der Waals surface area contributed by atoms with E-state index in [1.165, 1.54) is 0 Å². The summed E-state index contributed by atoms with van der Waals surface area (Å²) in [6.07, 6.45) is 0.533. The summed E-state index contributed by atoms with van der Waals surface area (Å²) in [7, 11) is 0. The highest BCUT2D eigenvalue weighted by Gasteiger charge is 2.08. The Morgan fingerprint density at radius 1 is 1.25 bits per heavy atom. The smallest absolute Gasteiger partial charge is 0.138 e. The van der Waals surface area contributed by atoms with E-state index in [-0.39, 0.29) is 5.75 Å². The van der Waals surface area contributed by atoms with Crippen molar-refractivity contribution in [1.82, 2.24) is 0 Å². The molecule has 12 heavy (non-hydrogen) atoms. The van der Waals surface area contributed by atoms with Crippen molar-refractivity contribution in [3.8, 4) is 5.75 Å². The number of rotatable bonds is 2. The lowest BCUT2D eigenvalue weighted by molar-refractivity contribution is 0.468. The summed E-state index contributed by atoms with van der Waals surface area (Å²) in [6.45, 7) is 0.438. The molecular formula is C8H9Cl2NO. The average Bonchev–Trinajstić information content (AvgIpc) is 2.06. The molecule has 1 rings (SSSR count). The summed E-state index contributed by atoms with van der Waals surface area (Å²) in [5.41, 5.74) is 5.95. The Kier molecular flexibility index (Phi) is 3.20. The van der Waals surface area contributed by atoms with Gasteiger partial charge in [0.25, 0.3) is 0 Å². The molecule has 1 aromatic carbocycles. The molecule has 0 saturated carbocycles. The van der Waals surface area contributed by atoms with Crippen molar-refractivity contribution in [2.75, 3.05) is 6.54 Å². The molecule has 0 amide bonds. The van der Waals surface area contributed by atoms with Crippen LogP contribution in [0.15, 0.2) is 12.1 Å². The van der Waals surface area contributed by atoms with E-state index in [0.717, 1.165) is 0 Å².